The third-order valence-electron chi connectivity index (χ3n) is 2.09. The number of alkyl carbamates (subject to hydrolysis) is 1. The van der Waals surface area contributed by atoms with Crippen molar-refractivity contribution in [3.05, 3.63) is 0 Å². The van der Waals surface area contributed by atoms with E-state index >= 15 is 0 Å². The number of hydrogen-bond acceptors (Lipinski definition) is 5. The van der Waals surface area contributed by atoms with Crippen LogP contribution in [0.4, 0.5) is 4.79 Å². The van der Waals surface area contributed by atoms with Gasteiger partial charge in [-0.2, -0.15) is 0 Å². The number of nitrogens with zero attached hydrogens (tertiary/aromatic N) is 1. The van der Waals surface area contributed by atoms with Gasteiger partial charge in [-0.05, 0) is 27.2 Å². The number of oxime groups is 1. The number of carbonyl (C=O) groups excluding carboxylic acids is 1. The standard InChI is InChI=1S/C12H25N3O4/c1-5-6-7-18-8-9(10(13)15-17)14-11(16)19-12(2,3)4/h9,17H,5-8H2,1-4H3,(H2,13,15)(H,14,16)/t9-/m0/s1. The van der Waals surface area contributed by atoms with E-state index in [2.05, 4.69) is 10.5 Å². The van der Waals surface area contributed by atoms with Crippen molar-refractivity contribution >= 4 is 11.9 Å². The molecule has 1 amide bonds. The summed E-state index contributed by atoms with van der Waals surface area (Å²) in [4.78, 5) is 11.6. The van der Waals surface area contributed by atoms with Crippen molar-refractivity contribution in [2.24, 2.45) is 10.9 Å². The number of amidine groups is 1. The molecule has 0 saturated carbocycles. The highest BCUT2D eigenvalue weighted by atomic mass is 16.6. The van der Waals surface area contributed by atoms with E-state index in [9.17, 15) is 4.79 Å². The van der Waals surface area contributed by atoms with E-state index in [1.807, 2.05) is 6.92 Å². The molecule has 4 N–H and O–H groups in total. The molecule has 7 heteroatoms. The summed E-state index contributed by atoms with van der Waals surface area (Å²) >= 11 is 0. The van der Waals surface area contributed by atoms with Gasteiger partial charge in [0.05, 0.1) is 6.61 Å². The molecule has 0 aliphatic heterocycles. The van der Waals surface area contributed by atoms with E-state index in [4.69, 9.17) is 20.4 Å². The number of unbranched alkanes of at least 4 members (excludes halogenated alkanes) is 1. The highest BCUT2D eigenvalue weighted by Gasteiger charge is 2.22. The van der Waals surface area contributed by atoms with Crippen molar-refractivity contribution < 1.29 is 19.5 Å². The van der Waals surface area contributed by atoms with Crippen LogP contribution in [0.2, 0.25) is 0 Å². The molecule has 1 atom stereocenters. The minimum absolute atomic E-state index is 0.123. The van der Waals surface area contributed by atoms with E-state index < -0.39 is 17.7 Å². The molecule has 0 unspecified atom stereocenters. The van der Waals surface area contributed by atoms with Crippen LogP contribution in [0.5, 0.6) is 0 Å². The number of nitrogens with two attached hydrogens (primary N) is 1. The SMILES string of the molecule is CCCCOC[C@H](NC(=O)OC(C)(C)C)/C(N)=N/O. The normalized spacial score (nSPS) is 14.0. The molecule has 7 nitrogen and oxygen atoms in total. The Kier molecular flexibility index (Phi) is 7.90. The first kappa shape index (κ1) is 17.5. The van der Waals surface area contributed by atoms with Gasteiger partial charge in [0.1, 0.15) is 11.6 Å². The van der Waals surface area contributed by atoms with Crippen molar-refractivity contribution in [1.29, 1.82) is 0 Å². The first-order valence-electron chi connectivity index (χ1n) is 6.34. The van der Waals surface area contributed by atoms with E-state index in [0.717, 1.165) is 12.8 Å². The molecule has 0 aromatic heterocycles. The molecule has 0 aliphatic rings. The van der Waals surface area contributed by atoms with Crippen molar-refractivity contribution in [1.82, 2.24) is 5.32 Å². The zero-order valence-electron chi connectivity index (χ0n) is 12.1. The summed E-state index contributed by atoms with van der Waals surface area (Å²) in [6, 6.07) is -0.711. The van der Waals surface area contributed by atoms with Crippen molar-refractivity contribution in [2.45, 2.75) is 52.2 Å². The molecule has 0 aromatic rings. The lowest BCUT2D eigenvalue weighted by atomic mass is 10.2. The van der Waals surface area contributed by atoms with E-state index in [1.165, 1.54) is 0 Å². The molecule has 0 rings (SSSR count). The average molecular weight is 275 g/mol. The van der Waals surface area contributed by atoms with Gasteiger partial charge < -0.3 is 25.7 Å². The van der Waals surface area contributed by atoms with Crippen LogP contribution < -0.4 is 11.1 Å². The Morgan fingerprint density at radius 1 is 1.47 bits per heavy atom. The maximum atomic E-state index is 11.6. The zero-order valence-corrected chi connectivity index (χ0v) is 12.1. The summed E-state index contributed by atoms with van der Waals surface area (Å²) in [6.07, 6.45) is 1.28. The van der Waals surface area contributed by atoms with Gasteiger partial charge >= 0.3 is 6.09 Å². The van der Waals surface area contributed by atoms with Crippen molar-refractivity contribution in [3.63, 3.8) is 0 Å². The lowest BCUT2D eigenvalue weighted by Gasteiger charge is -2.23. The Morgan fingerprint density at radius 2 is 2.11 bits per heavy atom. The Labute approximate surface area is 114 Å². The predicted molar refractivity (Wildman–Crippen MR) is 72.3 cm³/mol. The van der Waals surface area contributed by atoms with E-state index in [-0.39, 0.29) is 12.4 Å². The summed E-state index contributed by atoms with van der Waals surface area (Å²) < 4.78 is 10.4. The van der Waals surface area contributed by atoms with Crippen LogP contribution in [0, 0.1) is 0 Å². The number of ether oxygens (including phenoxy) is 2. The molecule has 112 valence electrons. The van der Waals surface area contributed by atoms with Crippen LogP contribution in [0.25, 0.3) is 0 Å². The second kappa shape index (κ2) is 8.58. The Hall–Kier alpha value is -1.50. The largest absolute Gasteiger partial charge is 0.444 e. The van der Waals surface area contributed by atoms with Gasteiger partial charge in [-0.1, -0.05) is 18.5 Å². The van der Waals surface area contributed by atoms with Gasteiger partial charge in [-0.25, -0.2) is 4.79 Å². The molecule has 0 saturated heterocycles. The van der Waals surface area contributed by atoms with Crippen LogP contribution >= 0.6 is 0 Å². The molecule has 19 heavy (non-hydrogen) atoms. The number of rotatable bonds is 7. The highest BCUT2D eigenvalue weighted by molar-refractivity contribution is 5.88. The van der Waals surface area contributed by atoms with E-state index in [1.54, 1.807) is 20.8 Å². The second-order valence-electron chi connectivity index (χ2n) is 5.15. The molecule has 0 radical (unpaired) electrons. The average Bonchev–Trinajstić information content (AvgIpc) is 2.29. The monoisotopic (exact) mass is 275 g/mol. The van der Waals surface area contributed by atoms with Gasteiger partial charge in [-0.15, -0.1) is 0 Å². The Bertz CT molecular complexity index is 300. The van der Waals surface area contributed by atoms with Gasteiger partial charge in [0.15, 0.2) is 5.84 Å². The molecule has 0 aliphatic carbocycles. The smallest absolute Gasteiger partial charge is 0.408 e. The third kappa shape index (κ3) is 9.12. The molecule has 0 heterocycles. The maximum absolute atomic E-state index is 11.6. The fourth-order valence-electron chi connectivity index (χ4n) is 1.17. The predicted octanol–water partition coefficient (Wildman–Crippen LogP) is 1.44. The van der Waals surface area contributed by atoms with E-state index in [0.29, 0.717) is 6.61 Å². The Morgan fingerprint density at radius 3 is 2.58 bits per heavy atom. The quantitative estimate of drug-likeness (QED) is 0.214. The molecule has 0 bridgehead atoms. The summed E-state index contributed by atoms with van der Waals surface area (Å²) in [6.45, 7) is 7.99. The summed E-state index contributed by atoms with van der Waals surface area (Å²) in [5.74, 6) is -0.123. The molecular weight excluding hydrogens is 250 g/mol. The molecule has 0 spiro atoms. The summed E-state index contributed by atoms with van der Waals surface area (Å²) in [5, 5.41) is 14.0. The van der Waals surface area contributed by atoms with Crippen LogP contribution in [-0.4, -0.2) is 42.0 Å². The van der Waals surface area contributed by atoms with Gasteiger partial charge in [0.2, 0.25) is 0 Å². The van der Waals surface area contributed by atoms with Gasteiger partial charge in [0, 0.05) is 6.61 Å². The van der Waals surface area contributed by atoms with Crippen LogP contribution in [0.15, 0.2) is 5.16 Å². The fraction of sp³-hybridized carbons (Fsp3) is 0.833. The van der Waals surface area contributed by atoms with Crippen LogP contribution in [0.1, 0.15) is 40.5 Å². The Balaban J connectivity index is 4.32. The number of hydrogen-bond donors (Lipinski definition) is 3. The number of nitrogens with one attached hydrogen (secondary N) is 1. The first-order valence-corrected chi connectivity index (χ1v) is 6.34. The minimum atomic E-state index is -0.711. The lowest BCUT2D eigenvalue weighted by Crippen LogP contribution is -2.49. The van der Waals surface area contributed by atoms with Gasteiger partial charge in [0.25, 0.3) is 0 Å². The third-order valence-corrected chi connectivity index (χ3v) is 2.09. The minimum Gasteiger partial charge on any atom is -0.444 e. The maximum Gasteiger partial charge on any atom is 0.408 e. The zero-order chi connectivity index (χ0) is 14.9. The van der Waals surface area contributed by atoms with Crippen LogP contribution in [-0.2, 0) is 9.47 Å². The molecule has 0 aromatic carbocycles. The van der Waals surface area contributed by atoms with Crippen molar-refractivity contribution in [3.8, 4) is 0 Å². The highest BCUT2D eigenvalue weighted by Crippen LogP contribution is 2.06. The fourth-order valence-corrected chi connectivity index (χ4v) is 1.17. The summed E-state index contributed by atoms with van der Waals surface area (Å²) in [5.41, 5.74) is 4.89. The van der Waals surface area contributed by atoms with Crippen molar-refractivity contribution in [2.75, 3.05) is 13.2 Å². The molecule has 0 fully saturated rings. The molecular formula is C12H25N3O4. The van der Waals surface area contributed by atoms with Gasteiger partial charge in [-0.3, -0.25) is 0 Å². The first-order chi connectivity index (χ1) is 8.80. The second-order valence-corrected chi connectivity index (χ2v) is 5.15. The lowest BCUT2D eigenvalue weighted by molar-refractivity contribution is 0.0473. The van der Waals surface area contributed by atoms with Crippen LogP contribution in [0.3, 0.4) is 0 Å². The summed E-state index contributed by atoms with van der Waals surface area (Å²) in [7, 11) is 0. The number of carbonyl (C=O) groups is 1. The topological polar surface area (TPSA) is 106 Å². The number of amides is 1.